The van der Waals surface area contributed by atoms with Crippen LogP contribution in [0.5, 0.6) is 0 Å². The van der Waals surface area contributed by atoms with E-state index in [0.717, 1.165) is 64.2 Å². The van der Waals surface area contributed by atoms with Gasteiger partial charge in [0.1, 0.15) is 9.81 Å². The zero-order chi connectivity index (χ0) is 25.1. The number of sulfone groups is 1. The first kappa shape index (κ1) is 24.6. The van der Waals surface area contributed by atoms with E-state index in [9.17, 15) is 18.3 Å². The summed E-state index contributed by atoms with van der Waals surface area (Å²) in [5.74, 6) is -0.790. The van der Waals surface area contributed by atoms with Gasteiger partial charge in [0.2, 0.25) is 9.84 Å². The van der Waals surface area contributed by atoms with Crippen molar-refractivity contribution in [2.45, 2.75) is 76.3 Å². The minimum atomic E-state index is -4.14. The Morgan fingerprint density at radius 3 is 1.64 bits per heavy atom. The van der Waals surface area contributed by atoms with Crippen LogP contribution in [0.2, 0.25) is 0 Å². The van der Waals surface area contributed by atoms with Crippen molar-refractivity contribution in [2.75, 3.05) is 0 Å². The minimum Gasteiger partial charge on any atom is -0.503 e. The molecule has 0 unspecified atom stereocenters. The molecule has 6 nitrogen and oxygen atoms in total. The van der Waals surface area contributed by atoms with E-state index in [-0.39, 0.29) is 27.7 Å². The lowest BCUT2D eigenvalue weighted by atomic mass is 9.89. The third kappa shape index (κ3) is 4.69. The third-order valence-electron chi connectivity index (χ3n) is 7.58. The Kier molecular flexibility index (Phi) is 7.19. The number of aliphatic hydroxyl groups excluding tert-OH is 1. The molecule has 190 valence electrons. The van der Waals surface area contributed by atoms with Gasteiger partial charge in [-0.15, -0.1) is 0 Å². The van der Waals surface area contributed by atoms with Gasteiger partial charge in [0.25, 0.3) is 0 Å². The van der Waals surface area contributed by atoms with Crippen molar-refractivity contribution in [3.63, 3.8) is 0 Å². The van der Waals surface area contributed by atoms with Crippen molar-refractivity contribution in [3.8, 4) is 0 Å². The fraction of sp³-hybridized carbons (Fsp3) is 0.414. The van der Waals surface area contributed by atoms with Gasteiger partial charge in [0, 0.05) is 12.1 Å². The van der Waals surface area contributed by atoms with Gasteiger partial charge in [-0.05, 0) is 36.8 Å². The van der Waals surface area contributed by atoms with E-state index in [4.69, 9.17) is 4.74 Å². The molecule has 1 heterocycles. The van der Waals surface area contributed by atoms with Crippen LogP contribution < -0.4 is 0 Å². The van der Waals surface area contributed by atoms with E-state index in [1.165, 1.54) is 0 Å². The predicted molar refractivity (Wildman–Crippen MR) is 140 cm³/mol. The topological polar surface area (TPSA) is 83.9 Å². The molecule has 0 atom stereocenters. The van der Waals surface area contributed by atoms with Crippen molar-refractivity contribution in [1.82, 2.24) is 4.90 Å². The molecule has 2 aromatic rings. The number of ether oxygens (including phenoxy) is 1. The molecule has 0 spiro atoms. The summed E-state index contributed by atoms with van der Waals surface area (Å²) in [5.41, 5.74) is 0.727. The van der Waals surface area contributed by atoms with Crippen LogP contribution in [-0.2, 0) is 14.6 Å². The van der Waals surface area contributed by atoms with Gasteiger partial charge in [-0.25, -0.2) is 13.2 Å². The maximum atomic E-state index is 13.8. The Balaban J connectivity index is 1.57. The van der Waals surface area contributed by atoms with E-state index in [0.29, 0.717) is 11.1 Å². The molecule has 5 rings (SSSR count). The molecule has 1 amide bonds. The number of hydrogen-bond acceptors (Lipinski definition) is 5. The van der Waals surface area contributed by atoms with E-state index in [1.807, 2.05) is 4.90 Å². The van der Waals surface area contributed by atoms with Crippen LogP contribution in [0.15, 0.2) is 72.2 Å². The van der Waals surface area contributed by atoms with Crippen molar-refractivity contribution >= 4 is 25.7 Å². The van der Waals surface area contributed by atoms with Crippen LogP contribution in [0, 0.1) is 0 Å². The molecule has 2 aliphatic carbocycles. The number of nitrogens with zero attached hydrogens (tertiary/aromatic N) is 1. The van der Waals surface area contributed by atoms with Gasteiger partial charge in [-0.1, -0.05) is 99.2 Å². The Morgan fingerprint density at radius 1 is 0.722 bits per heavy atom. The average molecular weight is 508 g/mol. The molecule has 0 aromatic heterocycles. The normalized spacial score (nSPS) is 21.0. The molecular formula is C29H33NO5S. The number of amides is 1. The second kappa shape index (κ2) is 10.5. The lowest BCUT2D eigenvalue weighted by molar-refractivity contribution is 0.0602. The highest BCUT2D eigenvalue weighted by Crippen LogP contribution is 2.46. The Hall–Kier alpha value is -3.06. The molecular weight excluding hydrogens is 474 g/mol. The SMILES string of the molecule is O=C(OC1=C(c2ccccc2)S(=O)(=O)C(c2ccccc2)=C1O)N(C1CCCCC1)C1CCCCC1. The minimum absolute atomic E-state index is 0.0767. The van der Waals surface area contributed by atoms with E-state index in [1.54, 1.807) is 60.7 Å². The van der Waals surface area contributed by atoms with Gasteiger partial charge in [-0.2, -0.15) is 0 Å². The highest BCUT2D eigenvalue weighted by molar-refractivity contribution is 8.09. The van der Waals surface area contributed by atoms with Crippen LogP contribution in [0.4, 0.5) is 4.79 Å². The molecule has 1 aliphatic heterocycles. The number of rotatable bonds is 5. The molecule has 36 heavy (non-hydrogen) atoms. The maximum absolute atomic E-state index is 13.8. The zero-order valence-corrected chi connectivity index (χ0v) is 21.3. The summed E-state index contributed by atoms with van der Waals surface area (Å²) in [6, 6.07) is 17.2. The molecule has 2 saturated carbocycles. The second-order valence-electron chi connectivity index (χ2n) is 9.93. The van der Waals surface area contributed by atoms with Crippen LogP contribution in [-0.4, -0.2) is 36.6 Å². The van der Waals surface area contributed by atoms with Gasteiger partial charge in [-0.3, -0.25) is 0 Å². The highest BCUT2D eigenvalue weighted by atomic mass is 32.2. The summed E-state index contributed by atoms with van der Waals surface area (Å²) in [6.45, 7) is 0. The van der Waals surface area contributed by atoms with Crippen LogP contribution in [0.1, 0.15) is 75.3 Å². The smallest absolute Gasteiger partial charge is 0.415 e. The average Bonchev–Trinajstić information content (AvgIpc) is 3.10. The van der Waals surface area contributed by atoms with Crippen molar-refractivity contribution in [3.05, 3.63) is 83.3 Å². The molecule has 3 aliphatic rings. The number of benzene rings is 2. The van der Waals surface area contributed by atoms with Gasteiger partial charge < -0.3 is 14.7 Å². The maximum Gasteiger partial charge on any atom is 0.415 e. The molecule has 0 radical (unpaired) electrons. The number of carbonyl (C=O) groups excluding carboxylic acids is 1. The van der Waals surface area contributed by atoms with Crippen LogP contribution in [0.3, 0.4) is 0 Å². The monoisotopic (exact) mass is 507 g/mol. The standard InChI is InChI=1S/C29H33NO5S/c31-25-26(35-29(32)30(23-17-9-3-10-18-23)24-19-11-4-12-20-24)28(22-15-7-2-8-16-22)36(33,34)27(25)21-13-5-1-6-14-21/h1-2,5-8,13-16,23-24,31H,3-4,9-12,17-20H2. The summed E-state index contributed by atoms with van der Waals surface area (Å²) < 4.78 is 33.5. The summed E-state index contributed by atoms with van der Waals surface area (Å²) in [6.07, 6.45) is 9.72. The molecule has 2 aromatic carbocycles. The number of aliphatic hydroxyl groups is 1. The number of carbonyl (C=O) groups is 1. The van der Waals surface area contributed by atoms with Crippen molar-refractivity contribution in [2.24, 2.45) is 0 Å². The Bertz CT molecular complexity index is 1240. The summed E-state index contributed by atoms with van der Waals surface area (Å²) in [7, 11) is -4.14. The van der Waals surface area contributed by atoms with E-state index in [2.05, 4.69) is 0 Å². The second-order valence-corrected chi connectivity index (χ2v) is 11.8. The largest absolute Gasteiger partial charge is 0.503 e. The lowest BCUT2D eigenvalue weighted by Crippen LogP contribution is -2.49. The van der Waals surface area contributed by atoms with E-state index < -0.39 is 21.7 Å². The third-order valence-corrected chi connectivity index (χ3v) is 9.51. The quantitative estimate of drug-likeness (QED) is 0.480. The Morgan fingerprint density at radius 2 is 1.17 bits per heavy atom. The molecule has 0 bridgehead atoms. The fourth-order valence-corrected chi connectivity index (χ4v) is 7.70. The van der Waals surface area contributed by atoms with Gasteiger partial charge in [0.05, 0.1) is 0 Å². The summed E-state index contributed by atoms with van der Waals surface area (Å²) in [5, 5.41) is 11.3. The number of hydrogen-bond donors (Lipinski definition) is 1. The zero-order valence-electron chi connectivity index (χ0n) is 20.4. The van der Waals surface area contributed by atoms with Gasteiger partial charge in [0.15, 0.2) is 11.5 Å². The first-order valence-corrected chi connectivity index (χ1v) is 14.5. The first-order valence-electron chi connectivity index (χ1n) is 13.0. The van der Waals surface area contributed by atoms with E-state index >= 15 is 0 Å². The molecule has 7 heteroatoms. The predicted octanol–water partition coefficient (Wildman–Crippen LogP) is 6.81. The van der Waals surface area contributed by atoms with Crippen molar-refractivity contribution in [1.29, 1.82) is 0 Å². The summed E-state index contributed by atoms with van der Waals surface area (Å²) in [4.78, 5) is 15.3. The molecule has 0 saturated heterocycles. The summed E-state index contributed by atoms with van der Waals surface area (Å²) >= 11 is 0. The molecule has 1 N–H and O–H groups in total. The highest BCUT2D eigenvalue weighted by Gasteiger charge is 2.44. The van der Waals surface area contributed by atoms with Crippen molar-refractivity contribution < 1.29 is 23.1 Å². The Labute approximate surface area is 213 Å². The lowest BCUT2D eigenvalue weighted by Gasteiger charge is -2.40. The van der Waals surface area contributed by atoms with Gasteiger partial charge >= 0.3 is 6.09 Å². The molecule has 2 fully saturated rings. The van der Waals surface area contributed by atoms with Crippen LogP contribution in [0.25, 0.3) is 9.81 Å². The van der Waals surface area contributed by atoms with Crippen LogP contribution >= 0.6 is 0 Å². The fourth-order valence-electron chi connectivity index (χ4n) is 5.87. The first-order chi connectivity index (χ1) is 17.5.